The van der Waals surface area contributed by atoms with Crippen LogP contribution in [0.4, 0.5) is 0 Å². The van der Waals surface area contributed by atoms with Crippen LogP contribution < -0.4 is 0 Å². The van der Waals surface area contributed by atoms with Crippen molar-refractivity contribution in [1.29, 1.82) is 0 Å². The lowest BCUT2D eigenvalue weighted by molar-refractivity contribution is -0.179. The van der Waals surface area contributed by atoms with E-state index in [9.17, 15) is 9.59 Å². The Labute approximate surface area is 177 Å². The molecule has 0 spiro atoms. The Kier molecular flexibility index (Phi) is 5.61. The smallest absolute Gasteiger partial charge is 0.344 e. The van der Waals surface area contributed by atoms with Gasteiger partial charge >= 0.3 is 11.9 Å². The lowest BCUT2D eigenvalue weighted by Crippen LogP contribution is -2.56. The molecule has 5 aliphatic carbocycles. The van der Waals surface area contributed by atoms with Crippen molar-refractivity contribution in [2.45, 2.75) is 89.0 Å². The van der Waals surface area contributed by atoms with Crippen molar-refractivity contribution in [2.75, 3.05) is 6.61 Å². The van der Waals surface area contributed by atoms with E-state index in [2.05, 4.69) is 36.7 Å². The van der Waals surface area contributed by atoms with E-state index in [0.717, 1.165) is 32.1 Å². The predicted molar refractivity (Wildman–Crippen MR) is 111 cm³/mol. The van der Waals surface area contributed by atoms with E-state index in [1.165, 1.54) is 25.7 Å². The van der Waals surface area contributed by atoms with E-state index in [1.807, 2.05) is 0 Å². The Balaban J connectivity index is 1.33. The molecule has 0 heterocycles. The molecule has 5 rings (SSSR count). The summed E-state index contributed by atoms with van der Waals surface area (Å²) in [5.41, 5.74) is -0.381. The minimum atomic E-state index is -0.381. The van der Waals surface area contributed by atoms with Crippen LogP contribution in [0.15, 0.2) is 0 Å². The van der Waals surface area contributed by atoms with Gasteiger partial charge in [0.05, 0.1) is 5.41 Å². The highest BCUT2D eigenvalue weighted by Gasteiger charge is 2.60. The second-order valence-electron chi connectivity index (χ2n) is 10.8. The first-order valence-corrected chi connectivity index (χ1v) is 12.0. The van der Waals surface area contributed by atoms with Crippen LogP contribution in [0.5, 0.6) is 0 Å². The average Bonchev–Trinajstić information content (AvgIpc) is 2.57. The molecule has 0 aromatic rings. The van der Waals surface area contributed by atoms with E-state index in [1.54, 1.807) is 0 Å². The van der Waals surface area contributed by atoms with Crippen molar-refractivity contribution in [1.82, 2.24) is 0 Å². The van der Waals surface area contributed by atoms with Gasteiger partial charge < -0.3 is 9.47 Å². The number of carbonyl (C=O) groups is 2. The minimum Gasteiger partial charge on any atom is -0.460 e. The van der Waals surface area contributed by atoms with Gasteiger partial charge in [-0.3, -0.25) is 4.79 Å². The summed E-state index contributed by atoms with van der Waals surface area (Å²) in [5.74, 6) is 2.18. The van der Waals surface area contributed by atoms with Crippen LogP contribution in [0.3, 0.4) is 0 Å². The van der Waals surface area contributed by atoms with E-state index in [0.29, 0.717) is 29.6 Å². The van der Waals surface area contributed by atoms with Gasteiger partial charge in [0, 0.05) is 4.32 Å². The number of rotatable bonds is 5. The summed E-state index contributed by atoms with van der Waals surface area (Å²) in [6.45, 7) is 6.39. The molecule has 0 N–H and O–H groups in total. The number of ether oxygens (including phenoxy) is 2. The molecule has 0 aromatic carbocycles. The van der Waals surface area contributed by atoms with Gasteiger partial charge in [0.1, 0.15) is 6.10 Å². The van der Waals surface area contributed by atoms with Gasteiger partial charge in [-0.1, -0.05) is 43.1 Å². The molecule has 5 saturated carbocycles. The molecule has 4 nitrogen and oxygen atoms in total. The van der Waals surface area contributed by atoms with Gasteiger partial charge in [-0.15, -0.1) is 0 Å². The zero-order valence-corrected chi connectivity index (χ0v) is 19.1. The van der Waals surface area contributed by atoms with Gasteiger partial charge in [0.25, 0.3) is 0 Å². The standard InChI is InChI=1S/C23H35BrO4/c1-14(2)18-5-4-15(3)6-19(18)28-20(25)12-27-21(26)22-8-16-7-17(9-22)11-23(24,10-16)13-22/h14-19H,4-13H2,1-3H3/t15-,16-,17-,18-,19-,22?,23?/m1/s1. The first-order chi connectivity index (χ1) is 13.2. The van der Waals surface area contributed by atoms with Crippen molar-refractivity contribution in [3.63, 3.8) is 0 Å². The van der Waals surface area contributed by atoms with Crippen molar-refractivity contribution in [3.8, 4) is 0 Å². The Morgan fingerprint density at radius 1 is 1.07 bits per heavy atom. The maximum atomic E-state index is 13.0. The number of esters is 2. The summed E-state index contributed by atoms with van der Waals surface area (Å²) in [7, 11) is 0. The van der Waals surface area contributed by atoms with Crippen LogP contribution >= 0.6 is 15.9 Å². The van der Waals surface area contributed by atoms with Crippen molar-refractivity contribution in [2.24, 2.45) is 35.0 Å². The molecule has 158 valence electrons. The minimum absolute atomic E-state index is 0.0414. The highest BCUT2D eigenvalue weighted by atomic mass is 79.9. The highest BCUT2D eigenvalue weighted by molar-refractivity contribution is 9.10. The Morgan fingerprint density at radius 3 is 2.36 bits per heavy atom. The molecule has 0 saturated heterocycles. The molecule has 0 aliphatic heterocycles. The fourth-order valence-electron chi connectivity index (χ4n) is 7.12. The van der Waals surface area contributed by atoms with Crippen LogP contribution in [-0.4, -0.2) is 29.0 Å². The lowest BCUT2D eigenvalue weighted by Gasteiger charge is -2.58. The SMILES string of the molecule is CC(C)[C@H]1CC[C@@H](C)C[C@H]1OC(=O)COC(=O)C12C[C@H]3C[C@@H](CC(Br)(C3)C1)C2. The highest BCUT2D eigenvalue weighted by Crippen LogP contribution is 2.64. The fourth-order valence-corrected chi connectivity index (χ4v) is 8.57. The average molecular weight is 455 g/mol. The summed E-state index contributed by atoms with van der Waals surface area (Å²) in [4.78, 5) is 25.5. The van der Waals surface area contributed by atoms with Crippen LogP contribution in [0.25, 0.3) is 0 Å². The topological polar surface area (TPSA) is 52.6 Å². The van der Waals surface area contributed by atoms with Gasteiger partial charge in [-0.05, 0) is 81.0 Å². The molecule has 4 bridgehead atoms. The molecule has 0 amide bonds. The summed E-state index contributed by atoms with van der Waals surface area (Å²) in [6, 6.07) is 0. The molecule has 28 heavy (non-hydrogen) atoms. The van der Waals surface area contributed by atoms with Crippen LogP contribution in [0.2, 0.25) is 0 Å². The van der Waals surface area contributed by atoms with E-state index in [-0.39, 0.29) is 34.4 Å². The maximum absolute atomic E-state index is 13.0. The molecular formula is C23H35BrO4. The normalized spacial score (nSPS) is 44.5. The van der Waals surface area contributed by atoms with Gasteiger partial charge in [0.15, 0.2) is 6.61 Å². The van der Waals surface area contributed by atoms with Crippen molar-refractivity contribution >= 4 is 27.9 Å². The third-order valence-corrected chi connectivity index (χ3v) is 8.92. The largest absolute Gasteiger partial charge is 0.460 e. The monoisotopic (exact) mass is 454 g/mol. The Morgan fingerprint density at radius 2 is 1.75 bits per heavy atom. The van der Waals surface area contributed by atoms with Gasteiger partial charge in [-0.2, -0.15) is 0 Å². The Hall–Kier alpha value is -0.580. The lowest BCUT2D eigenvalue weighted by atomic mass is 9.49. The summed E-state index contributed by atoms with van der Waals surface area (Å²) in [5, 5.41) is 0. The third-order valence-electron chi connectivity index (χ3n) is 7.99. The van der Waals surface area contributed by atoms with E-state index in [4.69, 9.17) is 9.47 Å². The quantitative estimate of drug-likeness (QED) is 0.419. The summed E-state index contributed by atoms with van der Waals surface area (Å²) in [6.07, 6.45) is 9.51. The van der Waals surface area contributed by atoms with Crippen molar-refractivity contribution in [3.05, 3.63) is 0 Å². The van der Waals surface area contributed by atoms with E-state index < -0.39 is 0 Å². The van der Waals surface area contributed by atoms with Crippen LogP contribution in [0, 0.1) is 35.0 Å². The second kappa shape index (κ2) is 7.59. The fraction of sp³-hybridized carbons (Fsp3) is 0.913. The Bertz CT molecular complexity index is 616. The van der Waals surface area contributed by atoms with Gasteiger partial charge in [0.2, 0.25) is 0 Å². The van der Waals surface area contributed by atoms with Gasteiger partial charge in [-0.25, -0.2) is 4.79 Å². The first kappa shape index (κ1) is 20.7. The predicted octanol–water partition coefficient (Wildman–Crippen LogP) is 5.27. The van der Waals surface area contributed by atoms with Crippen molar-refractivity contribution < 1.29 is 19.1 Å². The molecule has 0 unspecified atom stereocenters. The molecule has 5 fully saturated rings. The molecular weight excluding hydrogens is 420 g/mol. The number of alkyl halides is 1. The van der Waals surface area contributed by atoms with Crippen LogP contribution in [-0.2, 0) is 19.1 Å². The molecule has 5 aliphatic rings. The number of hydrogen-bond acceptors (Lipinski definition) is 4. The molecule has 5 atom stereocenters. The first-order valence-electron chi connectivity index (χ1n) is 11.2. The molecule has 0 aromatic heterocycles. The zero-order valence-electron chi connectivity index (χ0n) is 17.5. The number of halogens is 1. The van der Waals surface area contributed by atoms with Crippen LogP contribution in [0.1, 0.15) is 78.6 Å². The number of hydrogen-bond donors (Lipinski definition) is 0. The molecule has 0 radical (unpaired) electrons. The maximum Gasteiger partial charge on any atom is 0.344 e. The van der Waals surface area contributed by atoms with E-state index >= 15 is 0 Å². The number of carbonyl (C=O) groups excluding carboxylic acids is 2. The summed E-state index contributed by atoms with van der Waals surface area (Å²) < 4.78 is 11.5. The summed E-state index contributed by atoms with van der Waals surface area (Å²) >= 11 is 3.93. The molecule has 5 heteroatoms. The third kappa shape index (κ3) is 4.02. The second-order valence-corrected chi connectivity index (χ2v) is 12.5. The zero-order chi connectivity index (χ0) is 20.1.